The fraction of sp³-hybridized carbons (Fsp3) is 0.273. The van der Waals surface area contributed by atoms with Crippen molar-refractivity contribution in [2.45, 2.75) is 18.4 Å². The van der Waals surface area contributed by atoms with Crippen molar-refractivity contribution in [3.05, 3.63) is 28.6 Å². The van der Waals surface area contributed by atoms with Crippen molar-refractivity contribution in [3.63, 3.8) is 0 Å². The lowest BCUT2D eigenvalue weighted by atomic mass is 10.2. The smallest absolute Gasteiger partial charge is 0.0774 e. The summed E-state index contributed by atoms with van der Waals surface area (Å²) in [7, 11) is 0. The summed E-state index contributed by atoms with van der Waals surface area (Å²) in [5.41, 5.74) is 1.31. The number of fused-ring (bicyclic) bond motifs is 1. The third-order valence-electron chi connectivity index (χ3n) is 2.24. The molecule has 1 aromatic heterocycles. The molecule has 1 nitrogen and oxygen atoms in total. The molecule has 0 amide bonds. The van der Waals surface area contributed by atoms with E-state index >= 15 is 0 Å². The van der Waals surface area contributed by atoms with Crippen molar-refractivity contribution in [1.29, 1.82) is 0 Å². The molecule has 0 aliphatic rings. The molecule has 0 aliphatic heterocycles. The van der Waals surface area contributed by atoms with Crippen molar-refractivity contribution in [2.75, 3.05) is 6.26 Å². The highest BCUT2D eigenvalue weighted by Crippen LogP contribution is 2.31. The molecule has 0 atom stereocenters. The number of benzene rings is 1. The van der Waals surface area contributed by atoms with Crippen LogP contribution in [0.15, 0.2) is 23.1 Å². The summed E-state index contributed by atoms with van der Waals surface area (Å²) in [6.07, 6.45) is 2.09. The predicted molar refractivity (Wildman–Crippen MR) is 64.3 cm³/mol. The molecular weight excluding hydrogens is 212 g/mol. The predicted octanol–water partition coefficient (Wildman–Crippen LogP) is 3.42. The van der Waals surface area contributed by atoms with E-state index in [2.05, 4.69) is 31.4 Å². The monoisotopic (exact) mass is 224 g/mol. The van der Waals surface area contributed by atoms with Crippen LogP contribution in [0.25, 0.3) is 10.1 Å². The molecule has 0 saturated carbocycles. The minimum atomic E-state index is 0.146. The molecule has 1 heterocycles. The Bertz CT molecular complexity index is 460. The number of thiophene rings is 1. The average molecular weight is 224 g/mol. The average Bonchev–Trinajstić information content (AvgIpc) is 2.58. The zero-order chi connectivity index (χ0) is 10.1. The minimum Gasteiger partial charge on any atom is -0.391 e. The molecule has 1 N–H and O–H groups in total. The SMILES string of the molecule is CSc1cc2sc(CO)cc2cc1C. The molecule has 2 aromatic rings. The summed E-state index contributed by atoms with van der Waals surface area (Å²) in [6, 6.07) is 6.47. The maximum atomic E-state index is 9.04. The molecule has 74 valence electrons. The molecule has 1 aromatic carbocycles. The first-order chi connectivity index (χ1) is 6.74. The van der Waals surface area contributed by atoms with Gasteiger partial charge < -0.3 is 5.11 Å². The van der Waals surface area contributed by atoms with Gasteiger partial charge in [-0.25, -0.2) is 0 Å². The molecule has 3 heteroatoms. The van der Waals surface area contributed by atoms with Gasteiger partial charge in [0.2, 0.25) is 0 Å². The summed E-state index contributed by atoms with van der Waals surface area (Å²) < 4.78 is 1.27. The van der Waals surface area contributed by atoms with Gasteiger partial charge >= 0.3 is 0 Å². The van der Waals surface area contributed by atoms with E-state index in [1.165, 1.54) is 20.5 Å². The Labute approximate surface area is 91.8 Å². The van der Waals surface area contributed by atoms with Gasteiger partial charge in [0.25, 0.3) is 0 Å². The Morgan fingerprint density at radius 2 is 2.14 bits per heavy atom. The highest BCUT2D eigenvalue weighted by atomic mass is 32.2. The second-order valence-corrected chi connectivity index (χ2v) is 5.25. The van der Waals surface area contributed by atoms with E-state index in [0.29, 0.717) is 0 Å². The van der Waals surface area contributed by atoms with E-state index in [0.717, 1.165) is 4.88 Å². The van der Waals surface area contributed by atoms with E-state index < -0.39 is 0 Å². The van der Waals surface area contributed by atoms with Crippen molar-refractivity contribution < 1.29 is 5.11 Å². The summed E-state index contributed by atoms with van der Waals surface area (Å²) in [4.78, 5) is 2.36. The van der Waals surface area contributed by atoms with Gasteiger partial charge in [0.15, 0.2) is 0 Å². The molecule has 0 spiro atoms. The molecule has 0 bridgehead atoms. The number of aliphatic hydroxyl groups is 1. The maximum absolute atomic E-state index is 9.04. The van der Waals surface area contributed by atoms with Gasteiger partial charge in [-0.05, 0) is 42.3 Å². The summed E-state index contributed by atoms with van der Waals surface area (Å²) >= 11 is 3.44. The van der Waals surface area contributed by atoms with Crippen molar-refractivity contribution in [1.82, 2.24) is 0 Å². The van der Waals surface area contributed by atoms with Crippen molar-refractivity contribution >= 4 is 33.2 Å². The lowest BCUT2D eigenvalue weighted by molar-refractivity contribution is 0.285. The van der Waals surface area contributed by atoms with E-state index in [-0.39, 0.29) is 6.61 Å². The van der Waals surface area contributed by atoms with Crippen LogP contribution in [0.3, 0.4) is 0 Å². The van der Waals surface area contributed by atoms with Crippen molar-refractivity contribution in [2.24, 2.45) is 0 Å². The first-order valence-electron chi connectivity index (χ1n) is 4.42. The van der Waals surface area contributed by atoms with Gasteiger partial charge in [-0.2, -0.15) is 0 Å². The van der Waals surface area contributed by atoms with Gasteiger partial charge in [-0.3, -0.25) is 0 Å². The lowest BCUT2D eigenvalue weighted by Gasteiger charge is -2.01. The van der Waals surface area contributed by atoms with Gasteiger partial charge in [-0.15, -0.1) is 23.1 Å². The van der Waals surface area contributed by atoms with Gasteiger partial charge in [0.05, 0.1) is 6.61 Å². The second-order valence-electron chi connectivity index (χ2n) is 3.23. The Hall–Kier alpha value is -0.510. The fourth-order valence-corrected chi connectivity index (χ4v) is 3.17. The Morgan fingerprint density at radius 3 is 2.79 bits per heavy atom. The van der Waals surface area contributed by atoms with Crippen molar-refractivity contribution in [3.8, 4) is 0 Å². The highest BCUT2D eigenvalue weighted by Gasteiger charge is 2.04. The summed E-state index contributed by atoms with van der Waals surface area (Å²) in [6.45, 7) is 2.27. The largest absolute Gasteiger partial charge is 0.391 e. The first kappa shape index (κ1) is 10.0. The number of hydrogen-bond donors (Lipinski definition) is 1. The quantitative estimate of drug-likeness (QED) is 0.789. The third-order valence-corrected chi connectivity index (χ3v) is 4.20. The maximum Gasteiger partial charge on any atom is 0.0774 e. The van der Waals surface area contributed by atoms with Crippen LogP contribution < -0.4 is 0 Å². The van der Waals surface area contributed by atoms with E-state index in [1.807, 2.05) is 0 Å². The number of hydrogen-bond acceptors (Lipinski definition) is 3. The fourth-order valence-electron chi connectivity index (χ4n) is 1.53. The third kappa shape index (κ3) is 1.67. The molecule has 0 radical (unpaired) electrons. The Balaban J connectivity index is 2.64. The minimum absolute atomic E-state index is 0.146. The zero-order valence-electron chi connectivity index (χ0n) is 8.20. The first-order valence-corrected chi connectivity index (χ1v) is 6.46. The zero-order valence-corrected chi connectivity index (χ0v) is 9.84. The van der Waals surface area contributed by atoms with Gasteiger partial charge in [0, 0.05) is 14.5 Å². The van der Waals surface area contributed by atoms with Crippen LogP contribution in [0.2, 0.25) is 0 Å². The van der Waals surface area contributed by atoms with Crippen LogP contribution in [-0.2, 0) is 6.61 Å². The molecule has 0 aliphatic carbocycles. The van der Waals surface area contributed by atoms with Crippen LogP contribution in [0, 0.1) is 6.92 Å². The standard InChI is InChI=1S/C11H12OS2/c1-7-3-8-4-9(6-12)14-11(8)5-10(7)13-2/h3-5,12H,6H2,1-2H3. The Morgan fingerprint density at radius 1 is 1.36 bits per heavy atom. The Kier molecular flexibility index (Phi) is 2.81. The summed E-state index contributed by atoms with van der Waals surface area (Å²) in [5, 5.41) is 10.3. The number of rotatable bonds is 2. The molecule has 0 fully saturated rings. The van der Waals surface area contributed by atoms with Crippen LogP contribution in [-0.4, -0.2) is 11.4 Å². The molecule has 0 unspecified atom stereocenters. The van der Waals surface area contributed by atoms with Crippen LogP contribution >= 0.6 is 23.1 Å². The van der Waals surface area contributed by atoms with E-state index in [4.69, 9.17) is 5.11 Å². The lowest BCUT2D eigenvalue weighted by Crippen LogP contribution is -1.76. The molecule has 0 saturated heterocycles. The number of thioether (sulfide) groups is 1. The van der Waals surface area contributed by atoms with Crippen LogP contribution in [0.5, 0.6) is 0 Å². The highest BCUT2D eigenvalue weighted by molar-refractivity contribution is 7.98. The van der Waals surface area contributed by atoms with Gasteiger partial charge in [-0.1, -0.05) is 0 Å². The van der Waals surface area contributed by atoms with E-state index in [1.54, 1.807) is 23.1 Å². The number of aliphatic hydroxyl groups excluding tert-OH is 1. The van der Waals surface area contributed by atoms with Crippen LogP contribution in [0.1, 0.15) is 10.4 Å². The molecule has 14 heavy (non-hydrogen) atoms. The van der Waals surface area contributed by atoms with Gasteiger partial charge in [0.1, 0.15) is 0 Å². The number of aryl methyl sites for hydroxylation is 1. The summed E-state index contributed by atoms with van der Waals surface area (Å²) in [5.74, 6) is 0. The topological polar surface area (TPSA) is 20.2 Å². The second kappa shape index (κ2) is 3.93. The molecule has 2 rings (SSSR count). The van der Waals surface area contributed by atoms with Crippen LogP contribution in [0.4, 0.5) is 0 Å². The normalized spacial score (nSPS) is 11.1. The molecular formula is C11H12OS2. The van der Waals surface area contributed by atoms with E-state index in [9.17, 15) is 0 Å².